The summed E-state index contributed by atoms with van der Waals surface area (Å²) in [5, 5.41) is 6.89. The van der Waals surface area contributed by atoms with Gasteiger partial charge in [-0.25, -0.2) is 9.97 Å². The van der Waals surface area contributed by atoms with Crippen molar-refractivity contribution in [2.75, 3.05) is 5.32 Å². The summed E-state index contributed by atoms with van der Waals surface area (Å²) in [6.45, 7) is 8.45. The SMILES string of the molecule is C=C1CC(Nc2nccc(-c3ccc(Br)s3)n2)CC(C)(C)N1. The highest BCUT2D eigenvalue weighted by atomic mass is 79.9. The zero-order chi connectivity index (χ0) is 15.7. The van der Waals surface area contributed by atoms with Gasteiger partial charge >= 0.3 is 0 Å². The molecule has 0 aromatic carbocycles. The van der Waals surface area contributed by atoms with Crippen LogP contribution in [0.3, 0.4) is 0 Å². The lowest BCUT2D eigenvalue weighted by Crippen LogP contribution is -2.48. The minimum Gasteiger partial charge on any atom is -0.384 e. The average Bonchev–Trinajstić information content (AvgIpc) is 2.83. The van der Waals surface area contributed by atoms with Crippen LogP contribution in [0.15, 0.2) is 40.5 Å². The predicted octanol–water partition coefficient (Wildman–Crippen LogP) is 4.42. The molecule has 3 rings (SSSR count). The van der Waals surface area contributed by atoms with Crippen molar-refractivity contribution in [2.24, 2.45) is 0 Å². The molecule has 2 aromatic rings. The third kappa shape index (κ3) is 3.67. The van der Waals surface area contributed by atoms with Gasteiger partial charge < -0.3 is 10.6 Å². The lowest BCUT2D eigenvalue weighted by Gasteiger charge is -2.38. The summed E-state index contributed by atoms with van der Waals surface area (Å²) in [4.78, 5) is 10.1. The van der Waals surface area contributed by atoms with E-state index >= 15 is 0 Å². The van der Waals surface area contributed by atoms with Gasteiger partial charge in [-0.15, -0.1) is 11.3 Å². The number of hydrogen-bond donors (Lipinski definition) is 2. The van der Waals surface area contributed by atoms with Crippen molar-refractivity contribution in [3.8, 4) is 10.6 Å². The summed E-state index contributed by atoms with van der Waals surface area (Å²) in [6.07, 6.45) is 3.70. The Kier molecular flexibility index (Phi) is 4.23. The van der Waals surface area contributed by atoms with Crippen LogP contribution >= 0.6 is 27.3 Å². The van der Waals surface area contributed by atoms with Crippen molar-refractivity contribution in [2.45, 2.75) is 38.3 Å². The lowest BCUT2D eigenvalue weighted by atomic mass is 9.88. The van der Waals surface area contributed by atoms with E-state index in [4.69, 9.17) is 0 Å². The Morgan fingerprint density at radius 2 is 2.23 bits per heavy atom. The largest absolute Gasteiger partial charge is 0.384 e. The Morgan fingerprint density at radius 1 is 1.41 bits per heavy atom. The number of hydrogen-bond acceptors (Lipinski definition) is 5. The van der Waals surface area contributed by atoms with E-state index in [-0.39, 0.29) is 5.54 Å². The monoisotopic (exact) mass is 378 g/mol. The van der Waals surface area contributed by atoms with Crippen molar-refractivity contribution in [1.29, 1.82) is 0 Å². The van der Waals surface area contributed by atoms with Gasteiger partial charge in [-0.1, -0.05) is 6.58 Å². The normalized spacial score (nSPS) is 20.5. The minimum absolute atomic E-state index is 0.0449. The van der Waals surface area contributed by atoms with Crippen LogP contribution in [0.4, 0.5) is 5.95 Å². The van der Waals surface area contributed by atoms with E-state index in [1.807, 2.05) is 12.1 Å². The smallest absolute Gasteiger partial charge is 0.223 e. The highest BCUT2D eigenvalue weighted by Crippen LogP contribution is 2.31. The molecular formula is C16H19BrN4S. The van der Waals surface area contributed by atoms with Crippen molar-refractivity contribution in [3.63, 3.8) is 0 Å². The molecule has 1 unspecified atom stereocenters. The van der Waals surface area contributed by atoms with Crippen LogP contribution in [0.2, 0.25) is 0 Å². The summed E-state index contributed by atoms with van der Waals surface area (Å²) in [7, 11) is 0. The predicted molar refractivity (Wildman–Crippen MR) is 96.0 cm³/mol. The van der Waals surface area contributed by atoms with Gasteiger partial charge in [0.15, 0.2) is 0 Å². The third-order valence-corrected chi connectivity index (χ3v) is 5.23. The van der Waals surface area contributed by atoms with Crippen molar-refractivity contribution >= 4 is 33.2 Å². The topological polar surface area (TPSA) is 49.8 Å². The van der Waals surface area contributed by atoms with Crippen molar-refractivity contribution in [1.82, 2.24) is 15.3 Å². The fraction of sp³-hybridized carbons (Fsp3) is 0.375. The molecule has 3 heterocycles. The average molecular weight is 379 g/mol. The van der Waals surface area contributed by atoms with Gasteiger partial charge in [0.25, 0.3) is 0 Å². The molecule has 1 aliphatic rings. The van der Waals surface area contributed by atoms with E-state index in [1.165, 1.54) is 0 Å². The van der Waals surface area contributed by atoms with Gasteiger partial charge in [0.1, 0.15) is 0 Å². The second-order valence-corrected chi connectivity index (χ2v) is 8.69. The quantitative estimate of drug-likeness (QED) is 0.829. The maximum atomic E-state index is 4.64. The first-order valence-corrected chi connectivity index (χ1v) is 8.83. The number of thiophene rings is 1. The molecule has 22 heavy (non-hydrogen) atoms. The van der Waals surface area contributed by atoms with Crippen LogP contribution in [-0.4, -0.2) is 21.5 Å². The van der Waals surface area contributed by atoms with E-state index in [2.05, 4.69) is 63.0 Å². The molecule has 2 aromatic heterocycles. The van der Waals surface area contributed by atoms with Gasteiger partial charge in [-0.05, 0) is 54.4 Å². The van der Waals surface area contributed by atoms with Gasteiger partial charge in [0.05, 0.1) is 14.4 Å². The number of rotatable bonds is 3. The molecule has 4 nitrogen and oxygen atoms in total. The standard InChI is InChI=1S/C16H19BrN4S/c1-10-8-11(9-16(2,3)21-10)19-15-18-7-6-12(20-15)13-4-5-14(17)22-13/h4-7,11,21H,1,8-9H2,2-3H3,(H,18,19,20). The van der Waals surface area contributed by atoms with E-state index in [9.17, 15) is 0 Å². The summed E-state index contributed by atoms with van der Waals surface area (Å²) < 4.78 is 1.10. The van der Waals surface area contributed by atoms with Gasteiger partial charge in [-0.2, -0.15) is 0 Å². The zero-order valence-electron chi connectivity index (χ0n) is 12.7. The maximum absolute atomic E-state index is 4.64. The zero-order valence-corrected chi connectivity index (χ0v) is 15.1. The van der Waals surface area contributed by atoms with E-state index < -0.39 is 0 Å². The Balaban J connectivity index is 1.77. The molecular weight excluding hydrogens is 360 g/mol. The van der Waals surface area contributed by atoms with Crippen LogP contribution in [0.1, 0.15) is 26.7 Å². The highest BCUT2D eigenvalue weighted by molar-refractivity contribution is 9.11. The molecule has 6 heteroatoms. The van der Waals surface area contributed by atoms with E-state index in [0.717, 1.165) is 32.9 Å². The second kappa shape index (κ2) is 6.01. The molecule has 1 saturated heterocycles. The van der Waals surface area contributed by atoms with Gasteiger partial charge in [0.2, 0.25) is 5.95 Å². The number of aromatic nitrogens is 2. The Hall–Kier alpha value is -1.40. The summed E-state index contributed by atoms with van der Waals surface area (Å²) in [5.74, 6) is 0.678. The molecule has 0 radical (unpaired) electrons. The maximum Gasteiger partial charge on any atom is 0.223 e. The van der Waals surface area contributed by atoms with Crippen LogP contribution < -0.4 is 10.6 Å². The third-order valence-electron chi connectivity index (χ3n) is 3.58. The molecule has 0 saturated carbocycles. The molecule has 0 spiro atoms. The Morgan fingerprint density at radius 3 is 2.91 bits per heavy atom. The first kappa shape index (κ1) is 15.5. The van der Waals surface area contributed by atoms with Crippen LogP contribution in [-0.2, 0) is 0 Å². The number of nitrogens with one attached hydrogen (secondary N) is 2. The van der Waals surface area contributed by atoms with E-state index in [1.54, 1.807) is 17.5 Å². The van der Waals surface area contributed by atoms with Gasteiger partial charge in [-0.3, -0.25) is 0 Å². The number of anilines is 1. The lowest BCUT2D eigenvalue weighted by molar-refractivity contribution is 0.324. The molecule has 0 aliphatic carbocycles. The molecule has 116 valence electrons. The molecule has 1 aliphatic heterocycles. The first-order chi connectivity index (χ1) is 10.4. The van der Waals surface area contributed by atoms with Crippen LogP contribution in [0.25, 0.3) is 10.6 Å². The number of nitrogens with zero attached hydrogens (tertiary/aromatic N) is 2. The molecule has 2 N–H and O–H groups in total. The summed E-state index contributed by atoms with van der Waals surface area (Å²) >= 11 is 5.16. The molecule has 0 bridgehead atoms. The first-order valence-electron chi connectivity index (χ1n) is 7.22. The molecule has 1 atom stereocenters. The van der Waals surface area contributed by atoms with Crippen molar-refractivity contribution in [3.05, 3.63) is 40.5 Å². The summed E-state index contributed by atoms with van der Waals surface area (Å²) in [5.41, 5.74) is 2.05. The summed E-state index contributed by atoms with van der Waals surface area (Å²) in [6, 6.07) is 6.34. The van der Waals surface area contributed by atoms with Crippen molar-refractivity contribution < 1.29 is 0 Å². The second-order valence-electron chi connectivity index (χ2n) is 6.23. The Labute approximate surface area is 143 Å². The fourth-order valence-corrected chi connectivity index (χ4v) is 4.22. The number of piperidine rings is 1. The Bertz CT molecular complexity index is 695. The molecule has 1 fully saturated rings. The minimum atomic E-state index is 0.0449. The fourth-order valence-electron chi connectivity index (χ4n) is 2.87. The number of halogens is 1. The highest BCUT2D eigenvalue weighted by Gasteiger charge is 2.29. The van der Waals surface area contributed by atoms with Crippen LogP contribution in [0.5, 0.6) is 0 Å². The van der Waals surface area contributed by atoms with Gasteiger partial charge in [0, 0.05) is 29.9 Å². The van der Waals surface area contributed by atoms with Crippen LogP contribution in [0, 0.1) is 0 Å². The van der Waals surface area contributed by atoms with E-state index in [0.29, 0.717) is 12.0 Å². The molecule has 0 amide bonds.